The number of carbonyl (C=O) groups excluding carboxylic acids is 2. The van der Waals surface area contributed by atoms with Gasteiger partial charge >= 0.3 is 0 Å². The Hall–Kier alpha value is -1.80. The van der Waals surface area contributed by atoms with Gasteiger partial charge in [0, 0.05) is 31.7 Å². The summed E-state index contributed by atoms with van der Waals surface area (Å²) in [6, 6.07) is 1.33. The van der Waals surface area contributed by atoms with Crippen LogP contribution in [0.4, 0.5) is 13.2 Å². The molecule has 0 spiro atoms. The maximum atomic E-state index is 13.1. The maximum Gasteiger partial charge on any atom is 0.254 e. The number of hydrogen-bond donors (Lipinski definition) is 1. The van der Waals surface area contributed by atoms with Gasteiger partial charge in [-0.2, -0.15) is 0 Å². The minimum atomic E-state index is -1.61. The first-order valence-electron chi connectivity index (χ1n) is 6.35. The summed E-state index contributed by atoms with van der Waals surface area (Å²) in [6.45, 7) is 0.945. The van der Waals surface area contributed by atoms with Gasteiger partial charge < -0.3 is 15.5 Å². The first-order valence-corrected chi connectivity index (χ1v) is 6.35. The molecule has 0 aliphatic carbocycles. The molecule has 0 atom stereocenters. The van der Waals surface area contributed by atoms with Gasteiger partial charge in [-0.05, 0) is 12.1 Å². The molecule has 1 aromatic carbocycles. The quantitative estimate of drug-likeness (QED) is 0.811. The van der Waals surface area contributed by atoms with Crippen molar-refractivity contribution in [3.63, 3.8) is 0 Å². The number of carbonyl (C=O) groups is 2. The van der Waals surface area contributed by atoms with E-state index in [1.54, 1.807) is 0 Å². The Morgan fingerprint density at radius 2 is 1.45 bits per heavy atom. The highest BCUT2D eigenvalue weighted by molar-refractivity contribution is 5.94. The zero-order valence-corrected chi connectivity index (χ0v) is 12.3. The van der Waals surface area contributed by atoms with Crippen LogP contribution in [0.2, 0.25) is 0 Å². The van der Waals surface area contributed by atoms with Crippen molar-refractivity contribution in [1.82, 2.24) is 9.80 Å². The number of nitrogens with zero attached hydrogens (tertiary/aromatic N) is 2. The van der Waals surface area contributed by atoms with Gasteiger partial charge in [0.05, 0.1) is 6.54 Å². The molecule has 2 N–H and O–H groups in total. The fourth-order valence-corrected chi connectivity index (χ4v) is 2.15. The third-order valence-electron chi connectivity index (χ3n) is 3.32. The molecule has 0 aromatic heterocycles. The molecular formula is C13H15ClF3N3O2. The first kappa shape index (κ1) is 18.2. The standard InChI is InChI=1S/C13H14F3N3O2.ClH/c14-9-5-8(6-10(15)12(9)16)13(21)19-3-1-18(2-4-19)11(20)7-17;/h5-6H,1-4,7,17H2;1H. The largest absolute Gasteiger partial charge is 0.338 e. The molecule has 0 saturated carbocycles. The van der Waals surface area contributed by atoms with E-state index < -0.39 is 23.4 Å². The second-order valence-electron chi connectivity index (χ2n) is 4.63. The summed E-state index contributed by atoms with van der Waals surface area (Å²) < 4.78 is 39.1. The minimum absolute atomic E-state index is 0. The molecule has 0 bridgehead atoms. The van der Waals surface area contributed by atoms with Gasteiger partial charge in [0.15, 0.2) is 17.5 Å². The summed E-state index contributed by atoms with van der Waals surface area (Å²) in [5.74, 6) is -5.25. The molecular weight excluding hydrogens is 323 g/mol. The molecule has 1 aliphatic rings. The zero-order chi connectivity index (χ0) is 15.6. The van der Waals surface area contributed by atoms with Crippen molar-refractivity contribution in [2.45, 2.75) is 0 Å². The molecule has 1 saturated heterocycles. The summed E-state index contributed by atoms with van der Waals surface area (Å²) in [7, 11) is 0. The Bertz CT molecular complexity index is 555. The number of rotatable bonds is 2. The van der Waals surface area contributed by atoms with E-state index in [4.69, 9.17) is 5.73 Å². The lowest BCUT2D eigenvalue weighted by Crippen LogP contribution is -2.51. The lowest BCUT2D eigenvalue weighted by molar-refractivity contribution is -0.131. The van der Waals surface area contributed by atoms with Crippen LogP contribution in [0, 0.1) is 17.5 Å². The number of halogens is 4. The molecule has 5 nitrogen and oxygen atoms in total. The van der Waals surface area contributed by atoms with E-state index >= 15 is 0 Å². The topological polar surface area (TPSA) is 66.6 Å². The van der Waals surface area contributed by atoms with Crippen LogP contribution in [-0.2, 0) is 4.79 Å². The molecule has 1 fully saturated rings. The van der Waals surface area contributed by atoms with E-state index in [-0.39, 0.29) is 43.5 Å². The van der Waals surface area contributed by atoms with Gasteiger partial charge in [-0.1, -0.05) is 0 Å². The van der Waals surface area contributed by atoms with Gasteiger partial charge in [0.2, 0.25) is 5.91 Å². The van der Waals surface area contributed by atoms with Gasteiger partial charge in [-0.15, -0.1) is 12.4 Å². The molecule has 122 valence electrons. The summed E-state index contributed by atoms with van der Waals surface area (Å²) in [5, 5.41) is 0. The fourth-order valence-electron chi connectivity index (χ4n) is 2.15. The smallest absolute Gasteiger partial charge is 0.254 e. The predicted octanol–water partition coefficient (Wildman–Crippen LogP) is 0.769. The minimum Gasteiger partial charge on any atom is -0.338 e. The van der Waals surface area contributed by atoms with Crippen LogP contribution in [0.15, 0.2) is 12.1 Å². The first-order chi connectivity index (χ1) is 9.93. The Balaban J connectivity index is 0.00000242. The highest BCUT2D eigenvalue weighted by Crippen LogP contribution is 2.16. The molecule has 1 aliphatic heterocycles. The van der Waals surface area contributed by atoms with Crippen LogP contribution in [0.1, 0.15) is 10.4 Å². The molecule has 9 heteroatoms. The average molecular weight is 338 g/mol. The summed E-state index contributed by atoms with van der Waals surface area (Å²) in [4.78, 5) is 26.4. The van der Waals surface area contributed by atoms with Crippen molar-refractivity contribution < 1.29 is 22.8 Å². The Kier molecular flexibility index (Phi) is 6.19. The molecule has 2 rings (SSSR count). The average Bonchev–Trinajstić information content (AvgIpc) is 2.50. The van der Waals surface area contributed by atoms with E-state index in [9.17, 15) is 22.8 Å². The van der Waals surface area contributed by atoms with Gasteiger partial charge in [-0.3, -0.25) is 9.59 Å². The summed E-state index contributed by atoms with van der Waals surface area (Å²) >= 11 is 0. The van der Waals surface area contributed by atoms with E-state index in [2.05, 4.69) is 0 Å². The predicted molar refractivity (Wildman–Crippen MR) is 75.1 cm³/mol. The van der Waals surface area contributed by atoms with Crippen LogP contribution < -0.4 is 5.73 Å². The third kappa shape index (κ3) is 3.69. The van der Waals surface area contributed by atoms with Crippen molar-refractivity contribution in [3.05, 3.63) is 35.1 Å². The number of amides is 2. The van der Waals surface area contributed by atoms with Crippen molar-refractivity contribution in [2.75, 3.05) is 32.7 Å². The van der Waals surface area contributed by atoms with Gasteiger partial charge in [-0.25, -0.2) is 13.2 Å². The van der Waals surface area contributed by atoms with Gasteiger partial charge in [0.25, 0.3) is 5.91 Å². The van der Waals surface area contributed by atoms with Crippen molar-refractivity contribution in [1.29, 1.82) is 0 Å². The highest BCUT2D eigenvalue weighted by atomic mass is 35.5. The normalized spacial score (nSPS) is 14.5. The third-order valence-corrected chi connectivity index (χ3v) is 3.32. The van der Waals surface area contributed by atoms with Crippen molar-refractivity contribution in [3.8, 4) is 0 Å². The molecule has 1 aromatic rings. The second-order valence-corrected chi connectivity index (χ2v) is 4.63. The molecule has 22 heavy (non-hydrogen) atoms. The molecule has 2 amide bonds. The summed E-state index contributed by atoms with van der Waals surface area (Å²) in [5.41, 5.74) is 4.99. The number of benzene rings is 1. The van der Waals surface area contributed by atoms with E-state index in [1.165, 1.54) is 9.80 Å². The van der Waals surface area contributed by atoms with E-state index in [0.29, 0.717) is 25.2 Å². The Labute approximate surface area is 131 Å². The molecule has 1 heterocycles. The number of hydrogen-bond acceptors (Lipinski definition) is 3. The Morgan fingerprint density at radius 3 is 1.91 bits per heavy atom. The van der Waals surface area contributed by atoms with Crippen LogP contribution in [-0.4, -0.2) is 54.3 Å². The second kappa shape index (κ2) is 7.46. The summed E-state index contributed by atoms with van der Waals surface area (Å²) in [6.07, 6.45) is 0. The van der Waals surface area contributed by atoms with Crippen LogP contribution in [0.3, 0.4) is 0 Å². The lowest BCUT2D eigenvalue weighted by atomic mass is 10.1. The zero-order valence-electron chi connectivity index (χ0n) is 11.5. The SMILES string of the molecule is Cl.NCC(=O)N1CCN(C(=O)c2cc(F)c(F)c(F)c2)CC1. The highest BCUT2D eigenvalue weighted by Gasteiger charge is 2.25. The van der Waals surface area contributed by atoms with Crippen molar-refractivity contribution >= 4 is 24.2 Å². The van der Waals surface area contributed by atoms with Crippen molar-refractivity contribution in [2.24, 2.45) is 5.73 Å². The van der Waals surface area contributed by atoms with Gasteiger partial charge in [0.1, 0.15) is 0 Å². The number of piperazine rings is 1. The van der Waals surface area contributed by atoms with Crippen LogP contribution in [0.5, 0.6) is 0 Å². The maximum absolute atomic E-state index is 13.1. The van der Waals surface area contributed by atoms with Crippen LogP contribution in [0.25, 0.3) is 0 Å². The molecule has 0 unspecified atom stereocenters. The van der Waals surface area contributed by atoms with Crippen LogP contribution >= 0.6 is 12.4 Å². The number of nitrogens with two attached hydrogens (primary N) is 1. The van der Waals surface area contributed by atoms with E-state index in [1.807, 2.05) is 0 Å². The monoisotopic (exact) mass is 337 g/mol. The van der Waals surface area contributed by atoms with E-state index in [0.717, 1.165) is 0 Å². The fraction of sp³-hybridized carbons (Fsp3) is 0.385. The molecule has 0 radical (unpaired) electrons. The Morgan fingerprint density at radius 1 is 1.00 bits per heavy atom. The lowest BCUT2D eigenvalue weighted by Gasteiger charge is -2.34.